The zero-order chi connectivity index (χ0) is 11.4. The fraction of sp³-hybridized carbons (Fsp3) is 0.800. The first-order chi connectivity index (χ1) is 6.99. The molecule has 1 heterocycles. The molecule has 5 nitrogen and oxygen atoms in total. The van der Waals surface area contributed by atoms with Gasteiger partial charge in [0.2, 0.25) is 5.91 Å². The molecule has 5 heteroatoms. The van der Waals surface area contributed by atoms with Gasteiger partial charge in [0.05, 0.1) is 31.8 Å². The van der Waals surface area contributed by atoms with E-state index in [1.165, 1.54) is 5.01 Å². The Morgan fingerprint density at radius 1 is 1.60 bits per heavy atom. The molecule has 0 saturated carbocycles. The van der Waals surface area contributed by atoms with Gasteiger partial charge in [-0.25, -0.2) is 5.01 Å². The maximum atomic E-state index is 11.3. The van der Waals surface area contributed by atoms with Crippen LogP contribution in [0.2, 0.25) is 0 Å². The first-order valence-corrected chi connectivity index (χ1v) is 5.13. The minimum atomic E-state index is -0.675. The van der Waals surface area contributed by atoms with Crippen molar-refractivity contribution in [3.05, 3.63) is 0 Å². The van der Waals surface area contributed by atoms with Crippen molar-refractivity contribution in [3.8, 4) is 0 Å². The summed E-state index contributed by atoms with van der Waals surface area (Å²) in [6.07, 6.45) is -0.234. The number of amides is 1. The van der Waals surface area contributed by atoms with Crippen LogP contribution in [0.3, 0.4) is 0 Å². The molecule has 0 aromatic rings. The Morgan fingerprint density at radius 2 is 2.27 bits per heavy atom. The van der Waals surface area contributed by atoms with Crippen LogP contribution in [0.1, 0.15) is 27.2 Å². The van der Waals surface area contributed by atoms with Gasteiger partial charge in [0.25, 0.3) is 0 Å². The minimum absolute atomic E-state index is 0.0592. The molecule has 1 unspecified atom stereocenters. The van der Waals surface area contributed by atoms with E-state index in [4.69, 9.17) is 4.74 Å². The number of hydrogen-bond acceptors (Lipinski definition) is 4. The van der Waals surface area contributed by atoms with E-state index in [1.54, 1.807) is 6.92 Å². The molecule has 0 aliphatic carbocycles. The maximum absolute atomic E-state index is 11.3. The second kappa shape index (κ2) is 5.23. The lowest BCUT2D eigenvalue weighted by Gasteiger charge is -2.17. The molecule has 1 atom stereocenters. The summed E-state index contributed by atoms with van der Waals surface area (Å²) in [6.45, 7) is 6.04. The number of nitrogens with zero attached hydrogens (tertiary/aromatic N) is 2. The minimum Gasteiger partial charge on any atom is -0.389 e. The van der Waals surface area contributed by atoms with Crippen molar-refractivity contribution in [2.24, 2.45) is 5.10 Å². The molecule has 86 valence electrons. The number of hydrogen-bond donors (Lipinski definition) is 1. The van der Waals surface area contributed by atoms with Crippen molar-refractivity contribution in [1.29, 1.82) is 0 Å². The highest BCUT2D eigenvalue weighted by molar-refractivity contribution is 6.03. The van der Waals surface area contributed by atoms with Gasteiger partial charge in [-0.05, 0) is 20.8 Å². The average Bonchev–Trinajstić information content (AvgIpc) is 2.42. The summed E-state index contributed by atoms with van der Waals surface area (Å²) >= 11 is 0. The van der Waals surface area contributed by atoms with Crippen molar-refractivity contribution in [2.45, 2.75) is 39.4 Å². The first-order valence-electron chi connectivity index (χ1n) is 5.13. The lowest BCUT2D eigenvalue weighted by Crippen LogP contribution is -2.33. The van der Waals surface area contributed by atoms with Gasteiger partial charge in [-0.3, -0.25) is 4.79 Å². The maximum Gasteiger partial charge on any atom is 0.248 e. The summed E-state index contributed by atoms with van der Waals surface area (Å²) in [5, 5.41) is 14.9. The van der Waals surface area contributed by atoms with Gasteiger partial charge in [0, 0.05) is 5.71 Å². The third-order valence-corrected chi connectivity index (χ3v) is 1.99. The summed E-state index contributed by atoms with van der Waals surface area (Å²) in [7, 11) is 0. The van der Waals surface area contributed by atoms with Crippen LogP contribution < -0.4 is 0 Å². The Labute approximate surface area is 89.7 Å². The van der Waals surface area contributed by atoms with Crippen LogP contribution in [0, 0.1) is 0 Å². The molecular weight excluding hydrogens is 196 g/mol. The molecule has 15 heavy (non-hydrogen) atoms. The number of aliphatic hydroxyl groups is 1. The number of rotatable bonds is 5. The predicted molar refractivity (Wildman–Crippen MR) is 56.5 cm³/mol. The highest BCUT2D eigenvalue weighted by Gasteiger charge is 2.23. The van der Waals surface area contributed by atoms with Crippen LogP contribution >= 0.6 is 0 Å². The van der Waals surface area contributed by atoms with E-state index in [1.807, 2.05) is 13.8 Å². The second-order valence-electron chi connectivity index (χ2n) is 4.02. The number of aliphatic hydroxyl groups excluding tert-OH is 1. The molecule has 0 aromatic carbocycles. The lowest BCUT2D eigenvalue weighted by molar-refractivity contribution is -0.130. The van der Waals surface area contributed by atoms with Crippen molar-refractivity contribution in [2.75, 3.05) is 13.2 Å². The normalized spacial score (nSPS) is 18.6. The monoisotopic (exact) mass is 214 g/mol. The van der Waals surface area contributed by atoms with Crippen LogP contribution in [-0.2, 0) is 9.53 Å². The van der Waals surface area contributed by atoms with E-state index in [-0.39, 0.29) is 25.2 Å². The van der Waals surface area contributed by atoms with Gasteiger partial charge in [-0.2, -0.15) is 5.10 Å². The smallest absolute Gasteiger partial charge is 0.248 e. The van der Waals surface area contributed by atoms with Gasteiger partial charge in [-0.1, -0.05) is 0 Å². The number of hydrazone groups is 1. The average molecular weight is 214 g/mol. The zero-order valence-electron chi connectivity index (χ0n) is 9.43. The molecule has 0 saturated heterocycles. The molecule has 1 rings (SSSR count). The molecule has 0 radical (unpaired) electrons. The quantitative estimate of drug-likeness (QED) is 0.719. The Morgan fingerprint density at radius 3 is 2.73 bits per heavy atom. The molecule has 0 aromatic heterocycles. The lowest BCUT2D eigenvalue weighted by atomic mass is 10.3. The molecule has 1 aliphatic heterocycles. The molecule has 0 fully saturated rings. The number of carbonyl (C=O) groups excluding carboxylic acids is 1. The van der Waals surface area contributed by atoms with Gasteiger partial charge in [0.1, 0.15) is 0 Å². The zero-order valence-corrected chi connectivity index (χ0v) is 9.43. The van der Waals surface area contributed by atoms with E-state index >= 15 is 0 Å². The van der Waals surface area contributed by atoms with Gasteiger partial charge >= 0.3 is 0 Å². The van der Waals surface area contributed by atoms with Gasteiger partial charge in [0.15, 0.2) is 0 Å². The molecule has 1 amide bonds. The fourth-order valence-corrected chi connectivity index (χ4v) is 1.31. The predicted octanol–water partition coefficient (Wildman–Crippen LogP) is 0.380. The Hall–Kier alpha value is -0.940. The number of ether oxygens (including phenoxy) is 1. The van der Waals surface area contributed by atoms with E-state index in [0.717, 1.165) is 5.71 Å². The van der Waals surface area contributed by atoms with Crippen LogP contribution in [0.25, 0.3) is 0 Å². The van der Waals surface area contributed by atoms with Crippen LogP contribution in [0.15, 0.2) is 5.10 Å². The Balaban J connectivity index is 2.31. The van der Waals surface area contributed by atoms with Gasteiger partial charge in [-0.15, -0.1) is 0 Å². The van der Waals surface area contributed by atoms with Crippen LogP contribution in [0.4, 0.5) is 0 Å². The molecule has 0 bridgehead atoms. The summed E-state index contributed by atoms with van der Waals surface area (Å²) in [5.74, 6) is -0.0592. The Bertz CT molecular complexity index is 263. The SMILES string of the molecule is CC1=NN(CC(O)COC(C)C)C(=O)C1. The number of β-amino-alcohol motifs (C(OH)–C–C–N with tert-alkyl or cyclic N) is 1. The fourth-order valence-electron chi connectivity index (χ4n) is 1.31. The van der Waals surface area contributed by atoms with Crippen molar-refractivity contribution >= 4 is 11.6 Å². The highest BCUT2D eigenvalue weighted by atomic mass is 16.5. The third kappa shape index (κ3) is 3.97. The first kappa shape index (κ1) is 12.1. The van der Waals surface area contributed by atoms with E-state index < -0.39 is 6.10 Å². The Kier molecular flexibility index (Phi) is 4.23. The summed E-state index contributed by atoms with van der Waals surface area (Å²) in [4.78, 5) is 11.3. The van der Waals surface area contributed by atoms with E-state index in [0.29, 0.717) is 6.42 Å². The van der Waals surface area contributed by atoms with Crippen molar-refractivity contribution in [3.63, 3.8) is 0 Å². The number of carbonyl (C=O) groups is 1. The third-order valence-electron chi connectivity index (χ3n) is 1.99. The summed E-state index contributed by atoms with van der Waals surface area (Å²) in [6, 6.07) is 0. The second-order valence-corrected chi connectivity index (χ2v) is 4.02. The van der Waals surface area contributed by atoms with Crippen LogP contribution in [-0.4, -0.2) is 47.1 Å². The molecular formula is C10H18N2O3. The largest absolute Gasteiger partial charge is 0.389 e. The topological polar surface area (TPSA) is 62.1 Å². The van der Waals surface area contributed by atoms with E-state index in [2.05, 4.69) is 5.10 Å². The molecule has 1 aliphatic rings. The summed E-state index contributed by atoms with van der Waals surface area (Å²) < 4.78 is 5.24. The van der Waals surface area contributed by atoms with E-state index in [9.17, 15) is 9.90 Å². The standard InChI is InChI=1S/C10H18N2O3/c1-7(2)15-6-9(13)5-12-10(14)4-8(3)11-12/h7,9,13H,4-6H2,1-3H3. The highest BCUT2D eigenvalue weighted by Crippen LogP contribution is 2.08. The van der Waals surface area contributed by atoms with Gasteiger partial charge < -0.3 is 9.84 Å². The molecule has 0 spiro atoms. The summed E-state index contributed by atoms with van der Waals surface area (Å²) in [5.41, 5.74) is 0.789. The molecule has 1 N–H and O–H groups in total. The van der Waals surface area contributed by atoms with Crippen molar-refractivity contribution in [1.82, 2.24) is 5.01 Å². The van der Waals surface area contributed by atoms with Crippen LogP contribution in [0.5, 0.6) is 0 Å². The van der Waals surface area contributed by atoms with Crippen molar-refractivity contribution < 1.29 is 14.6 Å².